The average Bonchev–Trinajstić information content (AvgIpc) is 2.54. The number of benzene rings is 2. The summed E-state index contributed by atoms with van der Waals surface area (Å²) in [5, 5.41) is 4.27. The Hall–Kier alpha value is -2.86. The van der Waals surface area contributed by atoms with E-state index in [2.05, 4.69) is 5.10 Å². The number of hydrogen-bond acceptors (Lipinski definition) is 4. The molecule has 7 heteroatoms. The standard InChI is InChI=1S/C16H14ClN3O3/c17-14-7-2-1-5-12(14)10-23-13-6-3-4-11(8-13)9-19-20-16(22)15(18)21/h1-9H,10H2,(H2,18,21)(H,20,22)/b19-9-. The monoisotopic (exact) mass is 331 g/mol. The fourth-order valence-electron chi connectivity index (χ4n) is 1.68. The van der Waals surface area contributed by atoms with E-state index >= 15 is 0 Å². The molecule has 2 rings (SSSR count). The lowest BCUT2D eigenvalue weighted by Crippen LogP contribution is -2.32. The lowest BCUT2D eigenvalue weighted by molar-refractivity contribution is -0.137. The second-order valence-electron chi connectivity index (χ2n) is 4.52. The number of carbonyl (C=O) groups is 2. The topological polar surface area (TPSA) is 93.8 Å². The summed E-state index contributed by atoms with van der Waals surface area (Å²) in [4.78, 5) is 21.5. The van der Waals surface area contributed by atoms with E-state index in [-0.39, 0.29) is 0 Å². The summed E-state index contributed by atoms with van der Waals surface area (Å²) in [6.07, 6.45) is 1.38. The summed E-state index contributed by atoms with van der Waals surface area (Å²) in [5.41, 5.74) is 8.37. The normalized spacial score (nSPS) is 10.5. The third kappa shape index (κ3) is 5.12. The number of hydrazone groups is 1. The van der Waals surface area contributed by atoms with Crippen molar-refractivity contribution in [3.05, 3.63) is 64.7 Å². The van der Waals surface area contributed by atoms with Crippen LogP contribution in [-0.4, -0.2) is 18.0 Å². The lowest BCUT2D eigenvalue weighted by Gasteiger charge is -2.08. The molecule has 0 saturated heterocycles. The molecule has 0 aromatic heterocycles. The second-order valence-corrected chi connectivity index (χ2v) is 4.92. The van der Waals surface area contributed by atoms with Gasteiger partial charge in [-0.15, -0.1) is 0 Å². The molecule has 0 heterocycles. The van der Waals surface area contributed by atoms with Gasteiger partial charge in [0.2, 0.25) is 0 Å². The number of nitrogens with zero attached hydrogens (tertiary/aromatic N) is 1. The molecular weight excluding hydrogens is 318 g/mol. The summed E-state index contributed by atoms with van der Waals surface area (Å²) >= 11 is 6.07. The van der Waals surface area contributed by atoms with Crippen molar-refractivity contribution in [2.75, 3.05) is 0 Å². The van der Waals surface area contributed by atoms with E-state index in [4.69, 9.17) is 22.1 Å². The zero-order chi connectivity index (χ0) is 16.7. The van der Waals surface area contributed by atoms with Gasteiger partial charge in [0.15, 0.2) is 0 Å². The number of carbonyl (C=O) groups excluding carboxylic acids is 2. The maximum Gasteiger partial charge on any atom is 0.329 e. The Morgan fingerprint density at radius 3 is 2.74 bits per heavy atom. The third-order valence-corrected chi connectivity index (χ3v) is 3.18. The van der Waals surface area contributed by atoms with Gasteiger partial charge in [-0.3, -0.25) is 9.59 Å². The molecule has 0 bridgehead atoms. The molecule has 2 aromatic rings. The molecule has 0 atom stereocenters. The van der Waals surface area contributed by atoms with E-state index < -0.39 is 11.8 Å². The second kappa shape index (κ2) is 7.95. The molecule has 2 aromatic carbocycles. The maximum absolute atomic E-state index is 11.0. The van der Waals surface area contributed by atoms with Gasteiger partial charge in [0.1, 0.15) is 12.4 Å². The summed E-state index contributed by atoms with van der Waals surface area (Å²) in [6, 6.07) is 14.5. The molecule has 118 valence electrons. The molecule has 0 radical (unpaired) electrons. The minimum absolute atomic E-state index is 0.332. The first-order valence-electron chi connectivity index (χ1n) is 6.65. The van der Waals surface area contributed by atoms with E-state index in [0.717, 1.165) is 5.56 Å². The van der Waals surface area contributed by atoms with Gasteiger partial charge >= 0.3 is 11.8 Å². The number of nitrogens with two attached hydrogens (primary N) is 1. The number of amides is 2. The predicted molar refractivity (Wildman–Crippen MR) is 87.2 cm³/mol. The number of hydrogen-bond donors (Lipinski definition) is 2. The molecule has 0 aliphatic rings. The van der Waals surface area contributed by atoms with Crippen LogP contribution in [0.25, 0.3) is 0 Å². The highest BCUT2D eigenvalue weighted by Crippen LogP contribution is 2.19. The molecular formula is C16H14ClN3O3. The Kier molecular flexibility index (Phi) is 5.71. The molecule has 0 fully saturated rings. The summed E-state index contributed by atoms with van der Waals surface area (Å²) in [5.74, 6) is -1.46. The fourth-order valence-corrected chi connectivity index (χ4v) is 1.87. The fraction of sp³-hybridized carbons (Fsp3) is 0.0625. The van der Waals surface area contributed by atoms with E-state index in [0.29, 0.717) is 22.9 Å². The summed E-state index contributed by atoms with van der Waals surface area (Å²) in [7, 11) is 0. The number of ether oxygens (including phenoxy) is 1. The first kappa shape index (κ1) is 16.5. The highest BCUT2D eigenvalue weighted by molar-refractivity contribution is 6.34. The summed E-state index contributed by atoms with van der Waals surface area (Å²) in [6.45, 7) is 0.332. The van der Waals surface area contributed by atoms with Gasteiger partial charge in [-0.1, -0.05) is 41.9 Å². The van der Waals surface area contributed by atoms with Crippen LogP contribution >= 0.6 is 11.6 Å². The number of rotatable bonds is 5. The van der Waals surface area contributed by atoms with E-state index in [1.165, 1.54) is 6.21 Å². The average molecular weight is 332 g/mol. The Labute approximate surface area is 137 Å². The summed E-state index contributed by atoms with van der Waals surface area (Å²) < 4.78 is 5.67. The molecule has 2 amide bonds. The molecule has 3 N–H and O–H groups in total. The van der Waals surface area contributed by atoms with E-state index in [1.807, 2.05) is 23.6 Å². The zero-order valence-electron chi connectivity index (χ0n) is 12.0. The first-order valence-corrected chi connectivity index (χ1v) is 7.03. The van der Waals surface area contributed by atoms with Crippen LogP contribution in [0.3, 0.4) is 0 Å². The van der Waals surface area contributed by atoms with Crippen LogP contribution in [0.2, 0.25) is 5.02 Å². The number of nitrogens with one attached hydrogen (secondary N) is 1. The Bertz CT molecular complexity index is 747. The minimum Gasteiger partial charge on any atom is -0.489 e. The van der Waals surface area contributed by atoms with Gasteiger partial charge in [-0.25, -0.2) is 5.43 Å². The number of halogens is 1. The molecule has 6 nitrogen and oxygen atoms in total. The van der Waals surface area contributed by atoms with Crippen molar-refractivity contribution >= 4 is 29.6 Å². The first-order chi connectivity index (χ1) is 11.1. The Morgan fingerprint density at radius 2 is 2.00 bits per heavy atom. The minimum atomic E-state index is -1.10. The van der Waals surface area contributed by atoms with Gasteiger partial charge < -0.3 is 10.5 Å². The molecule has 0 spiro atoms. The largest absolute Gasteiger partial charge is 0.489 e. The van der Waals surface area contributed by atoms with Crippen LogP contribution in [0, 0.1) is 0 Å². The van der Waals surface area contributed by atoms with Crippen LogP contribution in [0.15, 0.2) is 53.6 Å². The number of primary amides is 1. The van der Waals surface area contributed by atoms with Crippen molar-refractivity contribution in [1.29, 1.82) is 0 Å². The van der Waals surface area contributed by atoms with Gasteiger partial charge in [0.25, 0.3) is 0 Å². The van der Waals surface area contributed by atoms with E-state index in [1.54, 1.807) is 30.3 Å². The smallest absolute Gasteiger partial charge is 0.329 e. The van der Waals surface area contributed by atoms with Gasteiger partial charge in [0.05, 0.1) is 6.21 Å². The van der Waals surface area contributed by atoms with Crippen molar-refractivity contribution in [3.8, 4) is 5.75 Å². The predicted octanol–water partition coefficient (Wildman–Crippen LogP) is 1.85. The maximum atomic E-state index is 11.0. The van der Waals surface area contributed by atoms with Gasteiger partial charge in [-0.2, -0.15) is 5.10 Å². The van der Waals surface area contributed by atoms with Crippen molar-refractivity contribution in [3.63, 3.8) is 0 Å². The molecule has 0 unspecified atom stereocenters. The Morgan fingerprint density at radius 1 is 1.22 bits per heavy atom. The molecule has 0 aliphatic carbocycles. The SMILES string of the molecule is NC(=O)C(=O)N/N=C\c1cccc(OCc2ccccc2Cl)c1. The van der Waals surface area contributed by atoms with Crippen LogP contribution < -0.4 is 15.9 Å². The van der Waals surface area contributed by atoms with Crippen LogP contribution in [0.5, 0.6) is 5.75 Å². The lowest BCUT2D eigenvalue weighted by atomic mass is 10.2. The zero-order valence-corrected chi connectivity index (χ0v) is 12.8. The molecule has 23 heavy (non-hydrogen) atoms. The van der Waals surface area contributed by atoms with Crippen molar-refractivity contribution in [2.45, 2.75) is 6.61 Å². The van der Waals surface area contributed by atoms with Crippen LogP contribution in [0.1, 0.15) is 11.1 Å². The Balaban J connectivity index is 1.97. The highest BCUT2D eigenvalue weighted by atomic mass is 35.5. The van der Waals surface area contributed by atoms with Crippen LogP contribution in [-0.2, 0) is 16.2 Å². The quantitative estimate of drug-likeness (QED) is 0.497. The highest BCUT2D eigenvalue weighted by Gasteiger charge is 2.05. The third-order valence-electron chi connectivity index (χ3n) is 2.81. The van der Waals surface area contributed by atoms with Crippen molar-refractivity contribution < 1.29 is 14.3 Å². The van der Waals surface area contributed by atoms with Crippen molar-refractivity contribution in [2.24, 2.45) is 10.8 Å². The van der Waals surface area contributed by atoms with Crippen LogP contribution in [0.4, 0.5) is 0 Å². The van der Waals surface area contributed by atoms with Gasteiger partial charge in [0, 0.05) is 10.6 Å². The molecule has 0 saturated carbocycles. The van der Waals surface area contributed by atoms with Crippen molar-refractivity contribution in [1.82, 2.24) is 5.43 Å². The van der Waals surface area contributed by atoms with E-state index in [9.17, 15) is 9.59 Å². The molecule has 0 aliphatic heterocycles. The van der Waals surface area contributed by atoms with Gasteiger partial charge in [-0.05, 0) is 23.8 Å².